The molecule has 4 rings (SSSR count). The first kappa shape index (κ1) is 21.0. The smallest absolute Gasteiger partial charge is 0.303 e. The highest BCUT2D eigenvalue weighted by Crippen LogP contribution is 2.32. The number of nitrogens with one attached hydrogen (secondary N) is 2. The summed E-state index contributed by atoms with van der Waals surface area (Å²) in [6, 6.07) is 3.60. The van der Waals surface area contributed by atoms with Crippen molar-refractivity contribution in [1.29, 1.82) is 0 Å². The molecule has 0 aromatic carbocycles. The van der Waals surface area contributed by atoms with Gasteiger partial charge in [-0.25, -0.2) is 19.6 Å². The standard InChI is InChI=1S/C20H24F2N8O/c1-11-7-17(27-19(25-11)20(3,21)22)30-15-8-16(26-12(2)31)24-9-14(15)18(28-30)29-6-5-13(10-29)23-4/h7-9,13,23H,5-6,10H2,1-4H3,(H,24,26,31). The Morgan fingerprint density at radius 1 is 1.29 bits per heavy atom. The van der Waals surface area contributed by atoms with Gasteiger partial charge >= 0.3 is 5.92 Å². The number of aromatic nitrogens is 5. The molecule has 1 amide bonds. The van der Waals surface area contributed by atoms with Crippen LogP contribution in [0.1, 0.15) is 31.8 Å². The largest absolute Gasteiger partial charge is 0.353 e. The molecule has 9 nitrogen and oxygen atoms in total. The van der Waals surface area contributed by atoms with E-state index in [0.29, 0.717) is 28.9 Å². The normalized spacial score (nSPS) is 16.8. The summed E-state index contributed by atoms with van der Waals surface area (Å²) in [5.41, 5.74) is 1.00. The van der Waals surface area contributed by atoms with Gasteiger partial charge in [0.25, 0.3) is 0 Å². The van der Waals surface area contributed by atoms with Crippen LogP contribution >= 0.6 is 0 Å². The number of hydrogen-bond acceptors (Lipinski definition) is 7. The molecule has 1 aliphatic heterocycles. The highest BCUT2D eigenvalue weighted by Gasteiger charge is 2.30. The molecule has 0 saturated carbocycles. The molecule has 0 bridgehead atoms. The van der Waals surface area contributed by atoms with Crippen LogP contribution in [0.3, 0.4) is 0 Å². The second-order valence-corrected chi connectivity index (χ2v) is 7.80. The fourth-order valence-electron chi connectivity index (χ4n) is 3.70. The summed E-state index contributed by atoms with van der Waals surface area (Å²) in [7, 11) is 1.92. The lowest BCUT2D eigenvalue weighted by molar-refractivity contribution is -0.114. The van der Waals surface area contributed by atoms with Crippen LogP contribution in [0.4, 0.5) is 20.4 Å². The number of carbonyl (C=O) groups is 1. The van der Waals surface area contributed by atoms with E-state index in [4.69, 9.17) is 5.10 Å². The number of pyridine rings is 1. The molecule has 31 heavy (non-hydrogen) atoms. The summed E-state index contributed by atoms with van der Waals surface area (Å²) in [4.78, 5) is 25.9. The number of carbonyl (C=O) groups excluding carboxylic acids is 1. The quantitative estimate of drug-likeness (QED) is 0.641. The number of aryl methyl sites for hydroxylation is 1. The summed E-state index contributed by atoms with van der Waals surface area (Å²) >= 11 is 0. The lowest BCUT2D eigenvalue weighted by Crippen LogP contribution is -2.29. The van der Waals surface area contributed by atoms with Gasteiger partial charge in [-0.1, -0.05) is 0 Å². The van der Waals surface area contributed by atoms with Crippen molar-refractivity contribution in [3.8, 4) is 5.82 Å². The number of anilines is 2. The molecule has 164 valence electrons. The van der Waals surface area contributed by atoms with Crippen molar-refractivity contribution in [2.45, 2.75) is 39.2 Å². The van der Waals surface area contributed by atoms with E-state index in [9.17, 15) is 13.6 Å². The number of amides is 1. The maximum absolute atomic E-state index is 14.0. The van der Waals surface area contributed by atoms with Gasteiger partial charge in [-0.15, -0.1) is 5.10 Å². The Kier molecular flexibility index (Phi) is 5.29. The van der Waals surface area contributed by atoms with E-state index < -0.39 is 11.7 Å². The van der Waals surface area contributed by atoms with E-state index in [1.54, 1.807) is 25.3 Å². The third-order valence-corrected chi connectivity index (χ3v) is 5.20. The van der Waals surface area contributed by atoms with Crippen LogP contribution in [-0.2, 0) is 10.7 Å². The lowest BCUT2D eigenvalue weighted by atomic mass is 10.3. The van der Waals surface area contributed by atoms with Crippen LogP contribution in [-0.4, -0.2) is 56.8 Å². The van der Waals surface area contributed by atoms with E-state index in [1.807, 2.05) is 7.05 Å². The van der Waals surface area contributed by atoms with E-state index >= 15 is 0 Å². The number of rotatable bonds is 5. The molecule has 3 aromatic heterocycles. The molecule has 1 atom stereocenters. The van der Waals surface area contributed by atoms with Gasteiger partial charge in [-0.05, 0) is 20.4 Å². The number of fused-ring (bicyclic) bond motifs is 1. The topological polar surface area (TPSA) is 101 Å². The van der Waals surface area contributed by atoms with Gasteiger partial charge in [0.1, 0.15) is 5.82 Å². The van der Waals surface area contributed by atoms with Gasteiger partial charge < -0.3 is 15.5 Å². The van der Waals surface area contributed by atoms with Crippen LogP contribution in [0.15, 0.2) is 18.3 Å². The SMILES string of the molecule is CNC1CCN(c2nn(-c3cc(C)nc(C(C)(F)F)n3)c3cc(NC(C)=O)ncc23)C1. The minimum atomic E-state index is -3.19. The van der Waals surface area contributed by atoms with Gasteiger partial charge in [-0.2, -0.15) is 8.78 Å². The van der Waals surface area contributed by atoms with E-state index in [1.165, 1.54) is 11.6 Å². The molecule has 11 heteroatoms. The van der Waals surface area contributed by atoms with Crippen LogP contribution < -0.4 is 15.5 Å². The molecule has 4 heterocycles. The fourth-order valence-corrected chi connectivity index (χ4v) is 3.70. The van der Waals surface area contributed by atoms with Crippen molar-refractivity contribution >= 4 is 28.4 Å². The maximum atomic E-state index is 14.0. The van der Waals surface area contributed by atoms with Gasteiger partial charge in [0.2, 0.25) is 11.7 Å². The Hall–Kier alpha value is -3.21. The molecule has 0 aliphatic carbocycles. The molecule has 3 aromatic rings. The lowest BCUT2D eigenvalue weighted by Gasteiger charge is -2.15. The Labute approximate surface area is 177 Å². The minimum absolute atomic E-state index is 0.226. The predicted octanol–water partition coefficient (Wildman–Crippen LogP) is 2.39. The zero-order valence-electron chi connectivity index (χ0n) is 17.8. The first-order chi connectivity index (χ1) is 14.7. The van der Waals surface area contributed by atoms with Crippen molar-refractivity contribution in [2.75, 3.05) is 30.4 Å². The van der Waals surface area contributed by atoms with Gasteiger partial charge in [0, 0.05) is 57.0 Å². The molecule has 2 N–H and O–H groups in total. The number of nitrogens with zero attached hydrogens (tertiary/aromatic N) is 6. The Morgan fingerprint density at radius 2 is 2.06 bits per heavy atom. The third kappa shape index (κ3) is 4.18. The zero-order chi connectivity index (χ0) is 22.3. The highest BCUT2D eigenvalue weighted by molar-refractivity contribution is 5.95. The van der Waals surface area contributed by atoms with Crippen LogP contribution in [0.5, 0.6) is 0 Å². The number of alkyl halides is 2. The third-order valence-electron chi connectivity index (χ3n) is 5.20. The zero-order valence-corrected chi connectivity index (χ0v) is 17.8. The second kappa shape index (κ2) is 7.80. The Bertz CT molecular complexity index is 1140. The first-order valence-electron chi connectivity index (χ1n) is 9.98. The molecule has 0 radical (unpaired) electrons. The average molecular weight is 430 g/mol. The van der Waals surface area contributed by atoms with E-state index in [0.717, 1.165) is 31.8 Å². The van der Waals surface area contributed by atoms with Crippen LogP contribution in [0.2, 0.25) is 0 Å². The molecular formula is C20H24F2N8O. The monoisotopic (exact) mass is 430 g/mol. The Morgan fingerprint density at radius 3 is 2.71 bits per heavy atom. The summed E-state index contributed by atoms with van der Waals surface area (Å²) in [6.45, 7) is 5.35. The summed E-state index contributed by atoms with van der Waals surface area (Å²) in [5, 5.41) is 11.4. The highest BCUT2D eigenvalue weighted by atomic mass is 19.3. The molecule has 1 fully saturated rings. The van der Waals surface area contributed by atoms with Gasteiger partial charge in [0.05, 0.1) is 10.9 Å². The molecule has 0 spiro atoms. The van der Waals surface area contributed by atoms with Crippen molar-refractivity contribution < 1.29 is 13.6 Å². The minimum Gasteiger partial charge on any atom is -0.353 e. The van der Waals surface area contributed by atoms with Crippen molar-refractivity contribution in [2.24, 2.45) is 0 Å². The molecule has 1 saturated heterocycles. The summed E-state index contributed by atoms with van der Waals surface area (Å²) in [6.07, 6.45) is 2.59. The second-order valence-electron chi connectivity index (χ2n) is 7.80. The molecular weight excluding hydrogens is 406 g/mol. The fraction of sp³-hybridized carbons (Fsp3) is 0.450. The van der Waals surface area contributed by atoms with Crippen molar-refractivity contribution in [3.63, 3.8) is 0 Å². The average Bonchev–Trinajstić information content (AvgIpc) is 3.30. The van der Waals surface area contributed by atoms with Gasteiger partial charge in [-0.3, -0.25) is 4.79 Å². The maximum Gasteiger partial charge on any atom is 0.303 e. The van der Waals surface area contributed by atoms with Crippen LogP contribution in [0, 0.1) is 6.92 Å². The Balaban J connectivity index is 1.89. The first-order valence-corrected chi connectivity index (χ1v) is 9.98. The summed E-state index contributed by atoms with van der Waals surface area (Å²) < 4.78 is 29.4. The summed E-state index contributed by atoms with van der Waals surface area (Å²) in [5.74, 6) is -2.76. The van der Waals surface area contributed by atoms with Gasteiger partial charge in [0.15, 0.2) is 11.6 Å². The van der Waals surface area contributed by atoms with Crippen LogP contribution in [0.25, 0.3) is 16.7 Å². The molecule has 1 unspecified atom stereocenters. The number of hydrogen-bond donors (Lipinski definition) is 2. The predicted molar refractivity (Wildman–Crippen MR) is 113 cm³/mol. The van der Waals surface area contributed by atoms with E-state index in [2.05, 4.69) is 30.5 Å². The number of likely N-dealkylation sites (N-methyl/N-ethyl adjacent to an activating group) is 1. The van der Waals surface area contributed by atoms with Crippen molar-refractivity contribution in [3.05, 3.63) is 29.8 Å². The van der Waals surface area contributed by atoms with E-state index in [-0.39, 0.29) is 11.7 Å². The van der Waals surface area contributed by atoms with Crippen molar-refractivity contribution in [1.82, 2.24) is 30.0 Å². The number of halogens is 2. The molecule has 1 aliphatic rings.